The van der Waals surface area contributed by atoms with Crippen LogP contribution in [0.2, 0.25) is 0 Å². The van der Waals surface area contributed by atoms with E-state index in [1.165, 1.54) is 0 Å². The van der Waals surface area contributed by atoms with Crippen molar-refractivity contribution in [3.8, 4) is 12.3 Å². The molecule has 0 heterocycles. The molecule has 0 radical (unpaired) electrons. The molecule has 0 saturated heterocycles. The minimum absolute atomic E-state index is 0.404. The van der Waals surface area contributed by atoms with Crippen LogP contribution in [0, 0.1) is 12.3 Å². The lowest BCUT2D eigenvalue weighted by atomic mass is 10.2. The Bertz CT molecular complexity index is 95.6. The van der Waals surface area contributed by atoms with Gasteiger partial charge in [-0.15, -0.1) is 12.3 Å². The van der Waals surface area contributed by atoms with Gasteiger partial charge < -0.3 is 5.32 Å². The van der Waals surface area contributed by atoms with Crippen molar-refractivity contribution in [2.45, 2.75) is 19.0 Å². The standard InChI is InChI=1S/C7H12FN/c1-3-4-5-7(8)6-9-2/h1,7,9H,4-6H2,2H3/t7-/m1/s1. The fourth-order valence-electron chi connectivity index (χ4n) is 0.564. The Morgan fingerprint density at radius 3 is 2.89 bits per heavy atom. The van der Waals surface area contributed by atoms with Gasteiger partial charge in [-0.25, -0.2) is 4.39 Å². The predicted molar refractivity (Wildman–Crippen MR) is 36.9 cm³/mol. The van der Waals surface area contributed by atoms with Crippen LogP contribution in [0.3, 0.4) is 0 Å². The summed E-state index contributed by atoms with van der Waals surface area (Å²) < 4.78 is 12.4. The van der Waals surface area contributed by atoms with Gasteiger partial charge in [-0.05, 0) is 13.5 Å². The Morgan fingerprint density at radius 1 is 1.78 bits per heavy atom. The molecule has 0 aliphatic carbocycles. The zero-order valence-corrected chi connectivity index (χ0v) is 5.65. The van der Waals surface area contributed by atoms with Crippen LogP contribution in [0.25, 0.3) is 0 Å². The van der Waals surface area contributed by atoms with E-state index in [0.29, 0.717) is 19.4 Å². The summed E-state index contributed by atoms with van der Waals surface area (Å²) in [5.74, 6) is 2.39. The van der Waals surface area contributed by atoms with E-state index < -0.39 is 6.17 Å². The Hall–Kier alpha value is -0.550. The number of halogens is 1. The van der Waals surface area contributed by atoms with Crippen molar-refractivity contribution in [1.29, 1.82) is 0 Å². The van der Waals surface area contributed by atoms with Gasteiger partial charge in [-0.2, -0.15) is 0 Å². The van der Waals surface area contributed by atoms with Crippen LogP contribution in [0.5, 0.6) is 0 Å². The van der Waals surface area contributed by atoms with Crippen molar-refractivity contribution in [3.05, 3.63) is 0 Å². The van der Waals surface area contributed by atoms with Crippen LogP contribution in [-0.2, 0) is 0 Å². The molecule has 0 saturated carbocycles. The molecular weight excluding hydrogens is 117 g/mol. The highest BCUT2D eigenvalue weighted by Crippen LogP contribution is 1.98. The van der Waals surface area contributed by atoms with Crippen molar-refractivity contribution < 1.29 is 4.39 Å². The van der Waals surface area contributed by atoms with Gasteiger partial charge in [0.15, 0.2) is 0 Å². The maximum atomic E-state index is 12.4. The molecule has 0 spiro atoms. The largest absolute Gasteiger partial charge is 0.317 e. The molecule has 0 aromatic heterocycles. The first kappa shape index (κ1) is 8.45. The minimum atomic E-state index is -0.786. The average molecular weight is 129 g/mol. The lowest BCUT2D eigenvalue weighted by Gasteiger charge is -2.02. The highest BCUT2D eigenvalue weighted by Gasteiger charge is 2.01. The minimum Gasteiger partial charge on any atom is -0.317 e. The van der Waals surface area contributed by atoms with Crippen LogP contribution < -0.4 is 5.32 Å². The summed E-state index contributed by atoms with van der Waals surface area (Å²) in [5, 5.41) is 2.73. The van der Waals surface area contributed by atoms with Crippen LogP contribution >= 0.6 is 0 Å². The molecule has 52 valence electrons. The zero-order chi connectivity index (χ0) is 7.11. The van der Waals surface area contributed by atoms with E-state index >= 15 is 0 Å². The van der Waals surface area contributed by atoms with E-state index in [1.54, 1.807) is 7.05 Å². The number of hydrogen-bond donors (Lipinski definition) is 1. The number of nitrogens with one attached hydrogen (secondary N) is 1. The highest BCUT2D eigenvalue weighted by atomic mass is 19.1. The van der Waals surface area contributed by atoms with Gasteiger partial charge in [0.2, 0.25) is 0 Å². The number of alkyl halides is 1. The molecule has 1 nitrogen and oxygen atoms in total. The van der Waals surface area contributed by atoms with Crippen molar-refractivity contribution in [2.75, 3.05) is 13.6 Å². The summed E-state index contributed by atoms with van der Waals surface area (Å²) in [7, 11) is 1.72. The lowest BCUT2D eigenvalue weighted by molar-refractivity contribution is 0.311. The first-order chi connectivity index (χ1) is 4.31. The van der Waals surface area contributed by atoms with Crippen molar-refractivity contribution >= 4 is 0 Å². The second-order valence-electron chi connectivity index (χ2n) is 1.90. The molecule has 1 N–H and O–H groups in total. The highest BCUT2D eigenvalue weighted by molar-refractivity contribution is 4.84. The van der Waals surface area contributed by atoms with E-state index in [-0.39, 0.29) is 0 Å². The van der Waals surface area contributed by atoms with E-state index in [9.17, 15) is 4.39 Å². The van der Waals surface area contributed by atoms with Gasteiger partial charge in [-0.3, -0.25) is 0 Å². The molecule has 9 heavy (non-hydrogen) atoms. The maximum Gasteiger partial charge on any atom is 0.113 e. The lowest BCUT2D eigenvalue weighted by Crippen LogP contribution is -2.19. The maximum absolute atomic E-state index is 12.4. The molecule has 1 atom stereocenters. The number of hydrogen-bond acceptors (Lipinski definition) is 1. The van der Waals surface area contributed by atoms with Crippen LogP contribution in [0.1, 0.15) is 12.8 Å². The zero-order valence-electron chi connectivity index (χ0n) is 5.65. The second kappa shape index (κ2) is 5.58. The molecule has 0 fully saturated rings. The third-order valence-corrected chi connectivity index (χ3v) is 1.03. The molecule has 0 aliphatic rings. The molecule has 0 aromatic carbocycles. The Labute approximate surface area is 55.6 Å². The van der Waals surface area contributed by atoms with Gasteiger partial charge in [0.05, 0.1) is 0 Å². The first-order valence-electron chi connectivity index (χ1n) is 3.03. The smallest absolute Gasteiger partial charge is 0.113 e. The van der Waals surface area contributed by atoms with Crippen LogP contribution in [-0.4, -0.2) is 19.8 Å². The number of rotatable bonds is 4. The van der Waals surface area contributed by atoms with Crippen molar-refractivity contribution in [1.82, 2.24) is 5.32 Å². The fraction of sp³-hybridized carbons (Fsp3) is 0.714. The van der Waals surface area contributed by atoms with E-state index in [1.807, 2.05) is 0 Å². The number of terminal acetylenes is 1. The Kier molecular flexibility index (Phi) is 5.24. The van der Waals surface area contributed by atoms with E-state index in [4.69, 9.17) is 6.42 Å². The third kappa shape index (κ3) is 5.32. The van der Waals surface area contributed by atoms with Gasteiger partial charge in [0.1, 0.15) is 6.17 Å². The van der Waals surface area contributed by atoms with Crippen molar-refractivity contribution in [3.63, 3.8) is 0 Å². The monoisotopic (exact) mass is 129 g/mol. The molecule has 2 heteroatoms. The molecular formula is C7H12FN. The summed E-state index contributed by atoms with van der Waals surface area (Å²) in [4.78, 5) is 0. The van der Waals surface area contributed by atoms with Gasteiger partial charge in [0, 0.05) is 13.0 Å². The SMILES string of the molecule is C#CCC[C@@H](F)CNC. The molecule has 0 bridgehead atoms. The summed E-state index contributed by atoms with van der Waals surface area (Å²) >= 11 is 0. The summed E-state index contributed by atoms with van der Waals surface area (Å²) in [6.07, 6.45) is 5.15. The molecule has 0 unspecified atom stereocenters. The van der Waals surface area contributed by atoms with Crippen LogP contribution in [0.15, 0.2) is 0 Å². The van der Waals surface area contributed by atoms with Gasteiger partial charge >= 0.3 is 0 Å². The van der Waals surface area contributed by atoms with Gasteiger partial charge in [0.25, 0.3) is 0 Å². The molecule has 0 aromatic rings. The van der Waals surface area contributed by atoms with E-state index in [2.05, 4.69) is 11.2 Å². The normalized spacial score (nSPS) is 12.6. The average Bonchev–Trinajstić information content (AvgIpc) is 1.85. The summed E-state index contributed by atoms with van der Waals surface area (Å²) in [6.45, 7) is 0.404. The van der Waals surface area contributed by atoms with E-state index in [0.717, 1.165) is 0 Å². The topological polar surface area (TPSA) is 12.0 Å². The molecule has 0 rings (SSSR count). The second-order valence-corrected chi connectivity index (χ2v) is 1.90. The quantitative estimate of drug-likeness (QED) is 0.557. The molecule has 0 amide bonds. The van der Waals surface area contributed by atoms with Crippen molar-refractivity contribution in [2.24, 2.45) is 0 Å². The predicted octanol–water partition coefficient (Wildman–Crippen LogP) is 0.957. The first-order valence-corrected chi connectivity index (χ1v) is 3.03. The Balaban J connectivity index is 3.07. The summed E-state index contributed by atoms with van der Waals surface area (Å²) in [6, 6.07) is 0. The Morgan fingerprint density at radius 2 is 2.44 bits per heavy atom. The third-order valence-electron chi connectivity index (χ3n) is 1.03. The fourth-order valence-corrected chi connectivity index (χ4v) is 0.564. The summed E-state index contributed by atoms with van der Waals surface area (Å²) in [5.41, 5.74) is 0. The molecule has 0 aliphatic heterocycles. The van der Waals surface area contributed by atoms with Crippen LogP contribution in [0.4, 0.5) is 4.39 Å². The van der Waals surface area contributed by atoms with Gasteiger partial charge in [-0.1, -0.05) is 0 Å².